The van der Waals surface area contributed by atoms with Gasteiger partial charge in [0.2, 0.25) is 0 Å². The molecule has 3 heteroatoms. The van der Waals surface area contributed by atoms with Crippen molar-refractivity contribution in [2.75, 3.05) is 6.54 Å². The van der Waals surface area contributed by atoms with Crippen molar-refractivity contribution in [2.24, 2.45) is 0 Å². The molecule has 0 heterocycles. The number of hydrogen-bond acceptors (Lipinski definition) is 2. The van der Waals surface area contributed by atoms with Crippen molar-refractivity contribution in [1.82, 2.24) is 5.32 Å². The maximum Gasteiger partial charge on any atom is 0.412 e. The number of unbranched alkanes of at least 4 members (excludes halogenated alkanes) is 2. The van der Waals surface area contributed by atoms with Gasteiger partial charge in [-0.1, -0.05) is 50.1 Å². The van der Waals surface area contributed by atoms with Gasteiger partial charge in [-0.05, 0) is 18.6 Å². The molecule has 1 aliphatic rings. The van der Waals surface area contributed by atoms with Gasteiger partial charge in [-0.3, -0.25) is 0 Å². The first kappa shape index (κ1) is 13.3. The summed E-state index contributed by atoms with van der Waals surface area (Å²) in [6.07, 6.45) is 15.7. The fraction of sp³-hybridized carbons (Fsp3) is 0.357. The van der Waals surface area contributed by atoms with Crippen molar-refractivity contribution >= 4 is 6.09 Å². The quantitative estimate of drug-likeness (QED) is 0.738. The molecule has 0 fully saturated rings. The summed E-state index contributed by atoms with van der Waals surface area (Å²) in [7, 11) is 0. The van der Waals surface area contributed by atoms with Crippen molar-refractivity contribution in [1.29, 1.82) is 0 Å². The van der Waals surface area contributed by atoms with Gasteiger partial charge in [-0.25, -0.2) is 4.79 Å². The molecule has 0 saturated carbocycles. The van der Waals surface area contributed by atoms with E-state index in [1.165, 1.54) is 0 Å². The van der Waals surface area contributed by atoms with Crippen LogP contribution in [0.1, 0.15) is 26.2 Å². The molecule has 0 aliphatic heterocycles. The Morgan fingerprint density at radius 3 is 2.76 bits per heavy atom. The van der Waals surface area contributed by atoms with Crippen molar-refractivity contribution in [2.45, 2.75) is 26.2 Å². The summed E-state index contributed by atoms with van der Waals surface area (Å²) in [5, 5.41) is 2.72. The normalized spacial score (nSPS) is 22.5. The number of alkyl carbamates (subject to hydrolysis) is 1. The molecule has 0 saturated heterocycles. The van der Waals surface area contributed by atoms with Crippen LogP contribution in [-0.2, 0) is 4.74 Å². The zero-order chi connectivity index (χ0) is 12.3. The van der Waals surface area contributed by atoms with Crippen molar-refractivity contribution in [3.63, 3.8) is 0 Å². The lowest BCUT2D eigenvalue weighted by molar-refractivity contribution is 0.179. The second-order valence-corrected chi connectivity index (χ2v) is 3.72. The molecule has 0 bridgehead atoms. The van der Waals surface area contributed by atoms with Crippen LogP contribution in [0.2, 0.25) is 0 Å². The highest BCUT2D eigenvalue weighted by molar-refractivity contribution is 5.68. The smallest absolute Gasteiger partial charge is 0.410 e. The highest BCUT2D eigenvalue weighted by Crippen LogP contribution is 2.03. The fourth-order valence-electron chi connectivity index (χ4n) is 1.33. The predicted octanol–water partition coefficient (Wildman–Crippen LogP) is 3.47. The topological polar surface area (TPSA) is 38.3 Å². The Morgan fingerprint density at radius 2 is 1.94 bits per heavy atom. The molecule has 0 atom stereocenters. The molecule has 0 aromatic heterocycles. The minimum Gasteiger partial charge on any atom is -0.410 e. The van der Waals surface area contributed by atoms with Gasteiger partial charge in [0.25, 0.3) is 0 Å². The molecule has 0 spiro atoms. The van der Waals surface area contributed by atoms with Gasteiger partial charge in [-0.2, -0.15) is 0 Å². The van der Waals surface area contributed by atoms with Gasteiger partial charge < -0.3 is 10.1 Å². The summed E-state index contributed by atoms with van der Waals surface area (Å²) in [5.41, 5.74) is 0. The van der Waals surface area contributed by atoms with Gasteiger partial charge in [0, 0.05) is 6.54 Å². The first-order valence-electron chi connectivity index (χ1n) is 6.00. The molecule has 0 radical (unpaired) electrons. The number of rotatable bonds is 5. The van der Waals surface area contributed by atoms with Gasteiger partial charge in [0.1, 0.15) is 5.76 Å². The molecule has 1 N–H and O–H groups in total. The van der Waals surface area contributed by atoms with Gasteiger partial charge >= 0.3 is 6.09 Å². The number of hydrogen-bond donors (Lipinski definition) is 1. The molecule has 0 aromatic rings. The maximum atomic E-state index is 11.4. The van der Waals surface area contributed by atoms with Crippen LogP contribution in [0.15, 0.2) is 48.3 Å². The van der Waals surface area contributed by atoms with E-state index in [1.54, 1.807) is 12.2 Å². The summed E-state index contributed by atoms with van der Waals surface area (Å²) >= 11 is 0. The van der Waals surface area contributed by atoms with Crippen LogP contribution in [0, 0.1) is 0 Å². The largest absolute Gasteiger partial charge is 0.412 e. The number of amides is 1. The third-order valence-electron chi connectivity index (χ3n) is 2.23. The number of allylic oxidation sites excluding steroid dienone is 7. The van der Waals surface area contributed by atoms with Crippen LogP contribution in [0.25, 0.3) is 0 Å². The van der Waals surface area contributed by atoms with E-state index in [4.69, 9.17) is 4.74 Å². The number of ether oxygens (including phenoxy) is 1. The second kappa shape index (κ2) is 8.39. The van der Waals surface area contributed by atoms with Crippen molar-refractivity contribution in [3.8, 4) is 0 Å². The lowest BCUT2D eigenvalue weighted by Gasteiger charge is -2.06. The standard InChI is InChI=1S/C14H19NO2/c1-2-3-9-12-15-14(16)17-13-10-7-5-4-6-8-11-13/h4-8,10-11H,2-3,9,12H2,1H3,(H,15,16)/b5-4-,6-4?,7-5?,8-6+,10-7+,11-8?,13-10?,13-11+. The fourth-order valence-corrected chi connectivity index (χ4v) is 1.33. The summed E-state index contributed by atoms with van der Waals surface area (Å²) in [5.74, 6) is 0.540. The summed E-state index contributed by atoms with van der Waals surface area (Å²) in [6.45, 7) is 2.79. The third kappa shape index (κ3) is 6.40. The van der Waals surface area contributed by atoms with E-state index in [0.717, 1.165) is 19.3 Å². The van der Waals surface area contributed by atoms with E-state index in [-0.39, 0.29) is 0 Å². The minimum atomic E-state index is -0.394. The third-order valence-corrected chi connectivity index (χ3v) is 2.23. The molecule has 1 amide bonds. The number of nitrogens with one attached hydrogen (secondary N) is 1. The Bertz CT molecular complexity index is 351. The molecule has 0 unspecified atom stereocenters. The Balaban J connectivity index is 2.30. The zero-order valence-electron chi connectivity index (χ0n) is 10.2. The second-order valence-electron chi connectivity index (χ2n) is 3.72. The maximum absolute atomic E-state index is 11.4. The van der Waals surface area contributed by atoms with Crippen molar-refractivity contribution in [3.05, 3.63) is 48.3 Å². The van der Waals surface area contributed by atoms with Crippen LogP contribution in [0.3, 0.4) is 0 Å². The highest BCUT2D eigenvalue weighted by atomic mass is 16.6. The average molecular weight is 233 g/mol. The monoisotopic (exact) mass is 233 g/mol. The Labute approximate surface area is 103 Å². The predicted molar refractivity (Wildman–Crippen MR) is 69.5 cm³/mol. The zero-order valence-corrected chi connectivity index (χ0v) is 10.2. The van der Waals surface area contributed by atoms with E-state index >= 15 is 0 Å². The van der Waals surface area contributed by atoms with E-state index in [1.807, 2.05) is 30.4 Å². The van der Waals surface area contributed by atoms with Crippen LogP contribution >= 0.6 is 0 Å². The van der Waals surface area contributed by atoms with Crippen LogP contribution in [0.4, 0.5) is 4.79 Å². The molecular formula is C14H19NO2. The van der Waals surface area contributed by atoms with Crippen LogP contribution in [0.5, 0.6) is 0 Å². The lowest BCUT2D eigenvalue weighted by Crippen LogP contribution is -2.24. The Kier molecular flexibility index (Phi) is 6.56. The van der Waals surface area contributed by atoms with Crippen LogP contribution < -0.4 is 5.32 Å². The SMILES string of the molecule is CCCCCNC(=O)OC1=C/C=C/C=C\C=C\1. The highest BCUT2D eigenvalue weighted by Gasteiger charge is 2.02. The van der Waals surface area contributed by atoms with Crippen LogP contribution in [-0.4, -0.2) is 12.6 Å². The Morgan fingerprint density at radius 1 is 1.18 bits per heavy atom. The molecule has 92 valence electrons. The summed E-state index contributed by atoms with van der Waals surface area (Å²) < 4.78 is 5.15. The Hall–Kier alpha value is -1.77. The van der Waals surface area contributed by atoms with Gasteiger partial charge in [-0.15, -0.1) is 0 Å². The summed E-state index contributed by atoms with van der Waals surface area (Å²) in [6, 6.07) is 0. The molecule has 1 aliphatic carbocycles. The number of carbonyl (C=O) groups is 1. The van der Waals surface area contributed by atoms with Gasteiger partial charge in [0.15, 0.2) is 0 Å². The van der Waals surface area contributed by atoms with E-state index in [9.17, 15) is 4.79 Å². The average Bonchev–Trinajstić information content (AvgIpc) is 2.28. The molecule has 0 aromatic carbocycles. The molecule has 1 rings (SSSR count). The molecule has 3 nitrogen and oxygen atoms in total. The lowest BCUT2D eigenvalue weighted by atomic mass is 10.2. The van der Waals surface area contributed by atoms with E-state index < -0.39 is 6.09 Å². The van der Waals surface area contributed by atoms with E-state index in [0.29, 0.717) is 12.3 Å². The summed E-state index contributed by atoms with van der Waals surface area (Å²) in [4.78, 5) is 11.4. The van der Waals surface area contributed by atoms with Crippen molar-refractivity contribution < 1.29 is 9.53 Å². The first-order chi connectivity index (χ1) is 8.33. The minimum absolute atomic E-state index is 0.394. The molecule has 17 heavy (non-hydrogen) atoms. The molecular weight excluding hydrogens is 214 g/mol. The first-order valence-corrected chi connectivity index (χ1v) is 6.00. The van der Waals surface area contributed by atoms with Gasteiger partial charge in [0.05, 0.1) is 0 Å². The number of carbonyl (C=O) groups excluding carboxylic acids is 1. The van der Waals surface area contributed by atoms with E-state index in [2.05, 4.69) is 12.2 Å².